The van der Waals surface area contributed by atoms with Crippen molar-refractivity contribution in [3.63, 3.8) is 0 Å². The minimum Gasteiger partial charge on any atom is -0.441 e. The van der Waals surface area contributed by atoms with Gasteiger partial charge in [0.1, 0.15) is 22.5 Å². The predicted molar refractivity (Wildman–Crippen MR) is 231 cm³/mol. The number of para-hydroxylation sites is 2. The van der Waals surface area contributed by atoms with Gasteiger partial charge in [0.25, 0.3) is 0 Å². The van der Waals surface area contributed by atoms with E-state index in [0.717, 1.165) is 104 Å². The third-order valence-corrected chi connectivity index (χ3v) is 11.0. The van der Waals surface area contributed by atoms with E-state index in [0.29, 0.717) is 17.7 Å². The van der Waals surface area contributed by atoms with Crippen LogP contribution in [0.4, 0.5) is 17.1 Å². The first-order valence-electron chi connectivity index (χ1n) is 19.7. The van der Waals surface area contributed by atoms with Gasteiger partial charge < -0.3 is 18.2 Å². The molecule has 6 aromatic carbocycles. The number of fused-ring (bicyclic) bond motifs is 3. The molecule has 0 fully saturated rings. The number of oxazole rings is 3. The Kier molecular flexibility index (Phi) is 8.28. The third-order valence-electron chi connectivity index (χ3n) is 11.0. The standard InChI is InChI=1S/C51H36N4O3/c1-3-9-33(10-4-1)38-22-30-47-45(31-38)54-51(57-47)37-19-27-42(28-20-37)55(40-23-15-35(16-24-40)49-52-43-13-7-8-14-46(43)56-49)41-25-17-36(18-26-41)50-53-44-29-21-39(32-48(44)58-50)34-11-5-2-6-12-34/h1-3,5-9,11-21,23-29,31-32H,4,10,22,30H2. The summed E-state index contributed by atoms with van der Waals surface area (Å²) in [5.41, 5.74) is 14.8. The van der Waals surface area contributed by atoms with Gasteiger partial charge in [-0.1, -0.05) is 66.8 Å². The Morgan fingerprint density at radius 1 is 0.448 bits per heavy atom. The van der Waals surface area contributed by atoms with Crippen LogP contribution in [0.2, 0.25) is 0 Å². The summed E-state index contributed by atoms with van der Waals surface area (Å²) in [7, 11) is 0. The molecule has 0 radical (unpaired) electrons. The van der Waals surface area contributed by atoms with Crippen molar-refractivity contribution >= 4 is 45.3 Å². The maximum atomic E-state index is 6.35. The van der Waals surface area contributed by atoms with E-state index in [-0.39, 0.29) is 0 Å². The van der Waals surface area contributed by atoms with Crippen LogP contribution in [0.25, 0.3) is 73.8 Å². The van der Waals surface area contributed by atoms with Crippen LogP contribution in [-0.4, -0.2) is 15.0 Å². The number of allylic oxidation sites excluding steroid dienone is 5. The van der Waals surface area contributed by atoms with Crippen molar-refractivity contribution in [2.24, 2.45) is 0 Å². The first kappa shape index (κ1) is 33.8. The molecule has 3 aromatic heterocycles. The van der Waals surface area contributed by atoms with E-state index >= 15 is 0 Å². The molecule has 7 nitrogen and oxygen atoms in total. The van der Waals surface area contributed by atoms with Crippen molar-refractivity contribution in [2.45, 2.75) is 25.7 Å². The molecule has 0 atom stereocenters. The Balaban J connectivity index is 0.919. The summed E-state index contributed by atoms with van der Waals surface area (Å²) in [6.07, 6.45) is 12.8. The van der Waals surface area contributed by atoms with Crippen LogP contribution < -0.4 is 4.90 Å². The number of anilines is 3. The quantitative estimate of drug-likeness (QED) is 0.153. The summed E-state index contributed by atoms with van der Waals surface area (Å²) in [6.45, 7) is 0. The highest BCUT2D eigenvalue weighted by Gasteiger charge is 2.22. The number of benzene rings is 6. The molecule has 7 heteroatoms. The molecule has 0 saturated heterocycles. The summed E-state index contributed by atoms with van der Waals surface area (Å²) in [4.78, 5) is 16.7. The number of aryl methyl sites for hydroxylation is 1. The zero-order chi connectivity index (χ0) is 38.4. The fourth-order valence-corrected chi connectivity index (χ4v) is 7.95. The van der Waals surface area contributed by atoms with E-state index in [4.69, 9.17) is 28.2 Å². The molecule has 58 heavy (non-hydrogen) atoms. The second-order valence-corrected chi connectivity index (χ2v) is 14.7. The van der Waals surface area contributed by atoms with Crippen molar-refractivity contribution in [3.05, 3.63) is 186 Å². The van der Waals surface area contributed by atoms with Crippen molar-refractivity contribution in [1.29, 1.82) is 0 Å². The van der Waals surface area contributed by atoms with E-state index in [1.54, 1.807) is 0 Å². The molecule has 0 N–H and O–H groups in total. The number of rotatable bonds is 8. The van der Waals surface area contributed by atoms with E-state index < -0.39 is 0 Å². The topological polar surface area (TPSA) is 81.3 Å². The fourth-order valence-electron chi connectivity index (χ4n) is 7.95. The first-order valence-corrected chi connectivity index (χ1v) is 19.7. The summed E-state index contributed by atoms with van der Waals surface area (Å²) >= 11 is 0. The Morgan fingerprint density at radius 2 is 1.03 bits per heavy atom. The molecule has 0 unspecified atom stereocenters. The van der Waals surface area contributed by atoms with E-state index in [2.05, 4.69) is 126 Å². The zero-order valence-corrected chi connectivity index (χ0v) is 31.5. The lowest BCUT2D eigenvalue weighted by atomic mass is 9.90. The third kappa shape index (κ3) is 6.33. The largest absolute Gasteiger partial charge is 0.441 e. The van der Waals surface area contributed by atoms with Crippen LogP contribution in [0, 0.1) is 0 Å². The Hall–Kier alpha value is -7.51. The van der Waals surface area contributed by atoms with Gasteiger partial charge in [0.2, 0.25) is 17.7 Å². The molecule has 9 aromatic rings. The van der Waals surface area contributed by atoms with Gasteiger partial charge in [-0.15, -0.1) is 0 Å². The van der Waals surface area contributed by atoms with Crippen molar-refractivity contribution < 1.29 is 13.3 Å². The number of aromatic nitrogens is 3. The van der Waals surface area contributed by atoms with Gasteiger partial charge in [0, 0.05) is 40.2 Å². The van der Waals surface area contributed by atoms with Gasteiger partial charge in [-0.05, 0) is 145 Å². The fraction of sp³-hybridized carbons (Fsp3) is 0.0784. The summed E-state index contributed by atoms with van der Waals surface area (Å²) in [5, 5.41) is 0. The van der Waals surface area contributed by atoms with Gasteiger partial charge in [-0.2, -0.15) is 0 Å². The molecule has 278 valence electrons. The molecule has 0 aliphatic heterocycles. The van der Waals surface area contributed by atoms with E-state index in [1.165, 1.54) is 11.1 Å². The summed E-state index contributed by atoms with van der Waals surface area (Å²) in [5.74, 6) is 2.75. The van der Waals surface area contributed by atoms with Crippen LogP contribution in [0.3, 0.4) is 0 Å². The number of hydrogen-bond donors (Lipinski definition) is 0. The maximum absolute atomic E-state index is 6.35. The van der Waals surface area contributed by atoms with Crippen LogP contribution >= 0.6 is 0 Å². The van der Waals surface area contributed by atoms with Crippen molar-refractivity contribution in [3.8, 4) is 45.5 Å². The molecule has 0 spiro atoms. The minimum atomic E-state index is 0.577. The molecule has 11 rings (SSSR count). The van der Waals surface area contributed by atoms with Gasteiger partial charge in [0.15, 0.2) is 11.2 Å². The maximum Gasteiger partial charge on any atom is 0.227 e. The lowest BCUT2D eigenvalue weighted by molar-refractivity contribution is 0.514. The molecular formula is C51H36N4O3. The molecule has 2 aliphatic rings. The molecule has 0 bridgehead atoms. The molecule has 0 amide bonds. The number of nitrogens with zero attached hydrogens (tertiary/aromatic N) is 4. The van der Waals surface area contributed by atoms with E-state index in [9.17, 15) is 0 Å². The van der Waals surface area contributed by atoms with Crippen LogP contribution in [0.15, 0.2) is 188 Å². The van der Waals surface area contributed by atoms with Crippen LogP contribution in [0.1, 0.15) is 30.7 Å². The smallest absolute Gasteiger partial charge is 0.227 e. The minimum absolute atomic E-state index is 0.577. The summed E-state index contributed by atoms with van der Waals surface area (Å²) < 4.78 is 18.8. The van der Waals surface area contributed by atoms with Gasteiger partial charge in [-0.25, -0.2) is 15.0 Å². The average Bonchev–Trinajstić information content (AvgIpc) is 4.05. The Bertz CT molecular complexity index is 3010. The lowest BCUT2D eigenvalue weighted by Crippen LogP contribution is -2.09. The van der Waals surface area contributed by atoms with E-state index in [1.807, 2.05) is 48.5 Å². The highest BCUT2D eigenvalue weighted by atomic mass is 16.4. The van der Waals surface area contributed by atoms with Crippen LogP contribution in [0.5, 0.6) is 0 Å². The summed E-state index contributed by atoms with van der Waals surface area (Å²) in [6, 6.07) is 49.3. The molecular weight excluding hydrogens is 717 g/mol. The first-order chi connectivity index (χ1) is 28.7. The highest BCUT2D eigenvalue weighted by Crippen LogP contribution is 2.39. The monoisotopic (exact) mass is 752 g/mol. The van der Waals surface area contributed by atoms with Gasteiger partial charge in [0.05, 0.1) is 0 Å². The Morgan fingerprint density at radius 3 is 1.67 bits per heavy atom. The van der Waals surface area contributed by atoms with Gasteiger partial charge in [-0.3, -0.25) is 0 Å². The lowest BCUT2D eigenvalue weighted by Gasteiger charge is -2.26. The van der Waals surface area contributed by atoms with Crippen molar-refractivity contribution in [2.75, 3.05) is 4.90 Å². The zero-order valence-electron chi connectivity index (χ0n) is 31.5. The predicted octanol–water partition coefficient (Wildman–Crippen LogP) is 13.7. The second-order valence-electron chi connectivity index (χ2n) is 14.7. The highest BCUT2D eigenvalue weighted by molar-refractivity contribution is 5.84. The van der Waals surface area contributed by atoms with Gasteiger partial charge >= 0.3 is 0 Å². The SMILES string of the molecule is C1=CCCC(C2=Cc3nc(-c4ccc(N(c5ccc(-c6nc7ccccc7o6)cc5)c5ccc(-c6nc7ccc(-c8ccccc8)cc7o6)cc5)cc4)oc3CC2)=C1. The second kappa shape index (κ2) is 14.2. The van der Waals surface area contributed by atoms with Crippen molar-refractivity contribution in [1.82, 2.24) is 15.0 Å². The normalized spacial score (nSPS) is 13.7. The molecule has 3 heterocycles. The molecule has 2 aliphatic carbocycles. The average molecular weight is 753 g/mol. The number of hydrogen-bond acceptors (Lipinski definition) is 7. The molecule has 0 saturated carbocycles. The Labute approximate surface area is 335 Å². The van der Waals surface area contributed by atoms with Crippen LogP contribution in [-0.2, 0) is 6.42 Å².